The lowest BCUT2D eigenvalue weighted by molar-refractivity contribution is -0.137. The van der Waals surface area contributed by atoms with Gasteiger partial charge in [0.25, 0.3) is 5.56 Å². The van der Waals surface area contributed by atoms with Gasteiger partial charge < -0.3 is 0 Å². The lowest BCUT2D eigenvalue weighted by atomic mass is 10.1. The molecule has 0 bridgehead atoms. The van der Waals surface area contributed by atoms with Gasteiger partial charge in [-0.15, -0.1) is 11.8 Å². The maximum absolute atomic E-state index is 12.5. The molecule has 3 nitrogen and oxygen atoms in total. The number of hydrogen-bond donors (Lipinski definition) is 0. The van der Waals surface area contributed by atoms with Gasteiger partial charge in [-0.05, 0) is 17.7 Å². The van der Waals surface area contributed by atoms with Crippen LogP contribution in [0.25, 0.3) is 0 Å². The van der Waals surface area contributed by atoms with Crippen molar-refractivity contribution in [3.05, 3.63) is 51.4 Å². The molecule has 0 N–H and O–H groups in total. The van der Waals surface area contributed by atoms with Crippen LogP contribution in [0.15, 0.2) is 39.1 Å². The third-order valence-corrected chi connectivity index (χ3v) is 5.72. The van der Waals surface area contributed by atoms with Gasteiger partial charge in [0, 0.05) is 25.0 Å². The fourth-order valence-electron chi connectivity index (χ4n) is 2.24. The van der Waals surface area contributed by atoms with E-state index in [1.807, 2.05) is 0 Å². The van der Waals surface area contributed by atoms with E-state index in [9.17, 15) is 18.0 Å². The monoisotopic (exact) mass is 358 g/mol. The number of hydrogen-bond acceptors (Lipinski definition) is 4. The summed E-state index contributed by atoms with van der Waals surface area (Å²) in [5, 5.41) is 0.594. The van der Waals surface area contributed by atoms with Crippen molar-refractivity contribution in [2.45, 2.75) is 28.4 Å². The van der Waals surface area contributed by atoms with E-state index in [2.05, 4.69) is 4.98 Å². The Kier molecular flexibility index (Phi) is 4.46. The topological polar surface area (TPSA) is 34.9 Å². The van der Waals surface area contributed by atoms with Crippen molar-refractivity contribution < 1.29 is 13.2 Å². The van der Waals surface area contributed by atoms with Crippen LogP contribution in [0.4, 0.5) is 13.2 Å². The highest BCUT2D eigenvalue weighted by molar-refractivity contribution is 7.99. The van der Waals surface area contributed by atoms with Crippen molar-refractivity contribution in [3.8, 4) is 0 Å². The zero-order valence-electron chi connectivity index (χ0n) is 12.2. The summed E-state index contributed by atoms with van der Waals surface area (Å²) in [7, 11) is 1.67. The molecule has 2 aromatic rings. The van der Waals surface area contributed by atoms with Crippen LogP contribution in [0, 0.1) is 0 Å². The van der Waals surface area contributed by atoms with Crippen molar-refractivity contribution in [1.29, 1.82) is 0 Å². The maximum atomic E-state index is 12.5. The number of halogens is 3. The average Bonchev–Trinajstić information content (AvgIpc) is 2.97. The van der Waals surface area contributed by atoms with Gasteiger partial charge in [-0.25, -0.2) is 4.98 Å². The summed E-state index contributed by atoms with van der Waals surface area (Å²) < 4.78 is 39.1. The molecule has 2 heterocycles. The summed E-state index contributed by atoms with van der Waals surface area (Å²) in [5.41, 5.74) is 0.874. The Morgan fingerprint density at radius 3 is 2.65 bits per heavy atom. The Morgan fingerprint density at radius 2 is 2.00 bits per heavy atom. The standard InChI is InChI=1S/C15H13F3N2OS2/c1-20-13(21)12-11(6-7-22-12)19-14(20)23-8-9-2-4-10(5-3-9)15(16,17)18/h2-5H,6-8H2,1H3. The third kappa shape index (κ3) is 3.42. The van der Waals surface area contributed by atoms with Gasteiger partial charge in [0.05, 0.1) is 16.2 Å². The molecule has 8 heteroatoms. The van der Waals surface area contributed by atoms with Crippen molar-refractivity contribution in [2.24, 2.45) is 7.05 Å². The second-order valence-electron chi connectivity index (χ2n) is 5.12. The molecule has 23 heavy (non-hydrogen) atoms. The summed E-state index contributed by atoms with van der Waals surface area (Å²) >= 11 is 2.88. The fraction of sp³-hybridized carbons (Fsp3) is 0.333. The molecule has 3 rings (SSSR count). The van der Waals surface area contributed by atoms with E-state index in [1.165, 1.54) is 40.2 Å². The van der Waals surface area contributed by atoms with Crippen LogP contribution in [-0.4, -0.2) is 15.3 Å². The zero-order valence-corrected chi connectivity index (χ0v) is 13.8. The SMILES string of the molecule is Cn1c(SCc2ccc(C(F)(F)F)cc2)nc2c(c1=O)SCC2. The molecule has 0 spiro atoms. The van der Waals surface area contributed by atoms with E-state index in [4.69, 9.17) is 0 Å². The van der Waals surface area contributed by atoms with E-state index in [0.29, 0.717) is 15.8 Å². The van der Waals surface area contributed by atoms with Gasteiger partial charge in [-0.1, -0.05) is 23.9 Å². The number of thioether (sulfide) groups is 2. The molecule has 122 valence electrons. The fourth-order valence-corrected chi connectivity index (χ4v) is 4.25. The average molecular weight is 358 g/mol. The molecule has 0 amide bonds. The number of aromatic nitrogens is 2. The summed E-state index contributed by atoms with van der Waals surface area (Å²) in [6.07, 6.45) is -3.54. The van der Waals surface area contributed by atoms with Crippen LogP contribution in [0.2, 0.25) is 0 Å². The highest BCUT2D eigenvalue weighted by Crippen LogP contribution is 2.31. The Balaban J connectivity index is 1.76. The molecular formula is C15H13F3N2OS2. The second kappa shape index (κ2) is 6.24. The zero-order chi connectivity index (χ0) is 16.6. The minimum Gasteiger partial charge on any atom is -0.290 e. The predicted octanol–water partition coefficient (Wildman–Crippen LogP) is 3.74. The minimum atomic E-state index is -4.32. The van der Waals surface area contributed by atoms with Gasteiger partial charge in [-0.2, -0.15) is 13.2 Å². The van der Waals surface area contributed by atoms with Gasteiger partial charge >= 0.3 is 6.18 Å². The first kappa shape index (κ1) is 16.4. The van der Waals surface area contributed by atoms with Gasteiger partial charge in [0.15, 0.2) is 5.16 Å². The normalized spacial score (nSPS) is 14.1. The highest BCUT2D eigenvalue weighted by Gasteiger charge is 2.29. The van der Waals surface area contributed by atoms with E-state index in [1.54, 1.807) is 7.05 Å². The molecule has 0 saturated carbocycles. The summed E-state index contributed by atoms with van der Waals surface area (Å²) in [6, 6.07) is 5.05. The van der Waals surface area contributed by atoms with Crippen molar-refractivity contribution in [2.75, 3.05) is 5.75 Å². The smallest absolute Gasteiger partial charge is 0.290 e. The van der Waals surface area contributed by atoms with Gasteiger partial charge in [0.1, 0.15) is 0 Å². The third-order valence-electron chi connectivity index (χ3n) is 3.51. The first-order chi connectivity index (χ1) is 10.9. The molecule has 1 aliphatic rings. The number of nitrogens with zero attached hydrogens (tertiary/aromatic N) is 2. The first-order valence-electron chi connectivity index (χ1n) is 6.88. The molecule has 0 saturated heterocycles. The van der Waals surface area contributed by atoms with Crippen molar-refractivity contribution in [1.82, 2.24) is 9.55 Å². The lowest BCUT2D eigenvalue weighted by Gasteiger charge is -2.10. The van der Waals surface area contributed by atoms with Gasteiger partial charge in [-0.3, -0.25) is 9.36 Å². The Morgan fingerprint density at radius 1 is 1.30 bits per heavy atom. The number of benzene rings is 1. The Hall–Kier alpha value is -1.41. The quantitative estimate of drug-likeness (QED) is 0.618. The minimum absolute atomic E-state index is 0.0487. The lowest BCUT2D eigenvalue weighted by Crippen LogP contribution is -2.22. The molecule has 1 aliphatic heterocycles. The Bertz CT molecular complexity index is 785. The highest BCUT2D eigenvalue weighted by atomic mass is 32.2. The van der Waals surface area contributed by atoms with E-state index in [-0.39, 0.29) is 5.56 Å². The molecule has 0 fully saturated rings. The molecule has 0 radical (unpaired) electrons. The first-order valence-corrected chi connectivity index (χ1v) is 8.85. The van der Waals surface area contributed by atoms with Crippen molar-refractivity contribution in [3.63, 3.8) is 0 Å². The molecule has 0 unspecified atom stereocenters. The second-order valence-corrected chi connectivity index (χ2v) is 7.16. The van der Waals surface area contributed by atoms with Crippen molar-refractivity contribution >= 4 is 23.5 Å². The number of alkyl halides is 3. The maximum Gasteiger partial charge on any atom is 0.416 e. The number of fused-ring (bicyclic) bond motifs is 1. The summed E-state index contributed by atoms with van der Waals surface area (Å²) in [6.45, 7) is 0. The molecule has 1 aromatic heterocycles. The van der Waals surface area contributed by atoms with E-state index < -0.39 is 11.7 Å². The van der Waals surface area contributed by atoms with Crippen LogP contribution in [0.3, 0.4) is 0 Å². The molecule has 1 aromatic carbocycles. The number of rotatable bonds is 3. The number of aryl methyl sites for hydroxylation is 1. The van der Waals surface area contributed by atoms with Crippen LogP contribution in [0.1, 0.15) is 16.8 Å². The van der Waals surface area contributed by atoms with E-state index >= 15 is 0 Å². The molecule has 0 atom stereocenters. The van der Waals surface area contributed by atoms with Crippen LogP contribution in [-0.2, 0) is 25.4 Å². The van der Waals surface area contributed by atoms with Crippen LogP contribution < -0.4 is 5.56 Å². The Labute approximate surface area is 139 Å². The predicted molar refractivity (Wildman–Crippen MR) is 84.9 cm³/mol. The van der Waals surface area contributed by atoms with Gasteiger partial charge in [0.2, 0.25) is 0 Å². The van der Waals surface area contributed by atoms with Crippen LogP contribution in [0.5, 0.6) is 0 Å². The summed E-state index contributed by atoms with van der Waals surface area (Å²) in [5.74, 6) is 1.33. The largest absolute Gasteiger partial charge is 0.416 e. The van der Waals surface area contributed by atoms with Crippen LogP contribution >= 0.6 is 23.5 Å². The summed E-state index contributed by atoms with van der Waals surface area (Å²) in [4.78, 5) is 17.4. The van der Waals surface area contributed by atoms with E-state index in [0.717, 1.165) is 35.6 Å². The molecular weight excluding hydrogens is 345 g/mol. The molecule has 0 aliphatic carbocycles.